The van der Waals surface area contributed by atoms with Gasteiger partial charge < -0.3 is 10.3 Å². The Morgan fingerprint density at radius 1 is 1.28 bits per heavy atom. The molecule has 1 unspecified atom stereocenters. The van der Waals surface area contributed by atoms with Crippen molar-refractivity contribution in [1.29, 1.82) is 0 Å². The van der Waals surface area contributed by atoms with E-state index in [0.717, 1.165) is 30.5 Å². The smallest absolute Gasteiger partial charge is 0.251 e. The molecule has 1 aromatic carbocycles. The Bertz CT molecular complexity index is 756. The van der Waals surface area contributed by atoms with Crippen molar-refractivity contribution in [3.63, 3.8) is 0 Å². The Kier molecular flexibility index (Phi) is 7.25. The molecule has 0 radical (unpaired) electrons. The fourth-order valence-corrected chi connectivity index (χ4v) is 3.18. The molecular weight excluding hydrogens is 334 g/mol. The molecule has 0 saturated heterocycles. The van der Waals surface area contributed by atoms with E-state index in [2.05, 4.69) is 34.3 Å². The molecule has 0 aliphatic rings. The Morgan fingerprint density at radius 3 is 2.64 bits per heavy atom. The van der Waals surface area contributed by atoms with Gasteiger partial charge in [0.25, 0.3) is 5.56 Å². The first-order chi connectivity index (χ1) is 12.0. The first-order valence-corrected chi connectivity index (χ1v) is 9.61. The number of carbonyl (C=O) groups is 1. The number of aryl methyl sites for hydroxylation is 2. The molecule has 2 N–H and O–H groups in total. The Hall–Kier alpha value is -2.08. The second-order valence-corrected chi connectivity index (χ2v) is 6.93. The zero-order valence-corrected chi connectivity index (χ0v) is 15.8. The van der Waals surface area contributed by atoms with Crippen molar-refractivity contribution in [3.05, 3.63) is 57.5 Å². The maximum absolute atomic E-state index is 12.2. The zero-order chi connectivity index (χ0) is 18.2. The van der Waals surface area contributed by atoms with Crippen LogP contribution in [0.1, 0.15) is 50.1 Å². The summed E-state index contributed by atoms with van der Waals surface area (Å²) in [4.78, 5) is 30.9. The number of hydrogen-bond acceptors (Lipinski definition) is 4. The number of aromatic amines is 1. The highest BCUT2D eigenvalue weighted by molar-refractivity contribution is 7.99. The summed E-state index contributed by atoms with van der Waals surface area (Å²) in [6.45, 7) is 6.12. The van der Waals surface area contributed by atoms with Gasteiger partial charge in [-0.05, 0) is 30.9 Å². The summed E-state index contributed by atoms with van der Waals surface area (Å²) >= 11 is 1.25. The summed E-state index contributed by atoms with van der Waals surface area (Å²) in [5, 5.41) is 3.47. The minimum Gasteiger partial charge on any atom is -0.349 e. The quantitative estimate of drug-likeness (QED) is 0.560. The van der Waals surface area contributed by atoms with E-state index in [1.54, 1.807) is 0 Å². The van der Waals surface area contributed by atoms with Gasteiger partial charge in [-0.15, -0.1) is 0 Å². The maximum Gasteiger partial charge on any atom is 0.251 e. The number of nitrogens with one attached hydrogen (secondary N) is 2. The van der Waals surface area contributed by atoms with Crippen LogP contribution in [0.3, 0.4) is 0 Å². The van der Waals surface area contributed by atoms with Gasteiger partial charge in [0.1, 0.15) is 0 Å². The van der Waals surface area contributed by atoms with E-state index in [0.29, 0.717) is 5.16 Å². The standard InChI is InChI=1S/C19H25N3O2S/c1-4-6-16-11-17(23)22-19(21-16)25-12-18(24)20-13(3)15-9-7-14(5-2)8-10-15/h7-11,13H,4-6,12H2,1-3H3,(H,20,24)(H,21,22,23). The summed E-state index contributed by atoms with van der Waals surface area (Å²) in [5.74, 6) is 0.135. The summed E-state index contributed by atoms with van der Waals surface area (Å²) in [5.41, 5.74) is 2.94. The Morgan fingerprint density at radius 2 is 2.00 bits per heavy atom. The highest BCUT2D eigenvalue weighted by Gasteiger charge is 2.11. The highest BCUT2D eigenvalue weighted by atomic mass is 32.2. The average molecular weight is 359 g/mol. The van der Waals surface area contributed by atoms with Crippen molar-refractivity contribution in [3.8, 4) is 0 Å². The second-order valence-electron chi connectivity index (χ2n) is 5.96. The van der Waals surface area contributed by atoms with Gasteiger partial charge in [-0.25, -0.2) is 4.98 Å². The highest BCUT2D eigenvalue weighted by Crippen LogP contribution is 2.15. The molecule has 1 aromatic heterocycles. The van der Waals surface area contributed by atoms with Gasteiger partial charge >= 0.3 is 0 Å². The predicted molar refractivity (Wildman–Crippen MR) is 102 cm³/mol. The monoisotopic (exact) mass is 359 g/mol. The third-order valence-electron chi connectivity index (χ3n) is 3.88. The van der Waals surface area contributed by atoms with Crippen LogP contribution in [0.5, 0.6) is 0 Å². The second kappa shape index (κ2) is 9.42. The fraction of sp³-hybridized carbons (Fsp3) is 0.421. The predicted octanol–water partition coefficient (Wildman–Crippen LogP) is 3.25. The maximum atomic E-state index is 12.2. The first-order valence-electron chi connectivity index (χ1n) is 8.63. The third-order valence-corrected chi connectivity index (χ3v) is 4.76. The number of benzene rings is 1. The number of hydrogen-bond donors (Lipinski definition) is 2. The molecule has 1 atom stereocenters. The Balaban J connectivity index is 1.90. The number of carbonyl (C=O) groups excluding carboxylic acids is 1. The van der Waals surface area contributed by atoms with Crippen LogP contribution in [0.4, 0.5) is 0 Å². The molecular formula is C19H25N3O2S. The van der Waals surface area contributed by atoms with E-state index in [9.17, 15) is 9.59 Å². The van der Waals surface area contributed by atoms with Crippen LogP contribution in [0, 0.1) is 0 Å². The molecule has 2 rings (SSSR count). The van der Waals surface area contributed by atoms with Crippen molar-refractivity contribution < 1.29 is 4.79 Å². The minimum absolute atomic E-state index is 0.0579. The van der Waals surface area contributed by atoms with Gasteiger partial charge in [-0.2, -0.15) is 0 Å². The lowest BCUT2D eigenvalue weighted by atomic mass is 10.1. The zero-order valence-electron chi connectivity index (χ0n) is 15.0. The van der Waals surface area contributed by atoms with Crippen LogP contribution in [-0.4, -0.2) is 21.6 Å². The van der Waals surface area contributed by atoms with E-state index >= 15 is 0 Å². The van der Waals surface area contributed by atoms with Crippen molar-refractivity contribution in [2.75, 3.05) is 5.75 Å². The fourth-order valence-electron chi connectivity index (χ4n) is 2.48. The van der Waals surface area contributed by atoms with Crippen molar-refractivity contribution in [2.45, 2.75) is 51.2 Å². The molecule has 0 bridgehead atoms. The van der Waals surface area contributed by atoms with Crippen LogP contribution >= 0.6 is 11.8 Å². The van der Waals surface area contributed by atoms with Crippen LogP contribution in [-0.2, 0) is 17.6 Å². The molecule has 2 aromatic rings. The van der Waals surface area contributed by atoms with E-state index in [4.69, 9.17) is 0 Å². The van der Waals surface area contributed by atoms with Gasteiger partial charge in [-0.1, -0.05) is 56.3 Å². The molecule has 1 heterocycles. The van der Waals surface area contributed by atoms with Gasteiger partial charge in [-0.3, -0.25) is 9.59 Å². The number of aromatic nitrogens is 2. The largest absolute Gasteiger partial charge is 0.349 e. The molecule has 5 nitrogen and oxygen atoms in total. The van der Waals surface area contributed by atoms with Crippen LogP contribution < -0.4 is 10.9 Å². The van der Waals surface area contributed by atoms with Gasteiger partial charge in [0.2, 0.25) is 5.91 Å². The van der Waals surface area contributed by atoms with Gasteiger partial charge in [0, 0.05) is 11.8 Å². The van der Waals surface area contributed by atoms with Gasteiger partial charge in [0.05, 0.1) is 11.8 Å². The van der Waals surface area contributed by atoms with E-state index in [-0.39, 0.29) is 23.3 Å². The van der Waals surface area contributed by atoms with E-state index in [1.807, 2.05) is 26.0 Å². The van der Waals surface area contributed by atoms with Crippen LogP contribution in [0.15, 0.2) is 40.3 Å². The molecule has 6 heteroatoms. The first kappa shape index (κ1) is 19.2. The summed E-state index contributed by atoms with van der Waals surface area (Å²) < 4.78 is 0. The molecule has 0 aliphatic heterocycles. The van der Waals surface area contributed by atoms with Crippen molar-refractivity contribution in [1.82, 2.24) is 15.3 Å². The molecule has 134 valence electrons. The third kappa shape index (κ3) is 6.05. The minimum atomic E-state index is -0.175. The normalized spacial score (nSPS) is 12.0. The molecule has 0 saturated carbocycles. The molecule has 1 amide bonds. The Labute approximate surface area is 152 Å². The number of H-pyrrole nitrogens is 1. The molecule has 0 fully saturated rings. The van der Waals surface area contributed by atoms with E-state index in [1.165, 1.54) is 23.4 Å². The van der Waals surface area contributed by atoms with Crippen molar-refractivity contribution in [2.24, 2.45) is 0 Å². The summed E-state index contributed by atoms with van der Waals surface area (Å²) in [6, 6.07) is 9.71. The average Bonchev–Trinajstić information content (AvgIpc) is 2.60. The van der Waals surface area contributed by atoms with E-state index < -0.39 is 0 Å². The number of amides is 1. The van der Waals surface area contributed by atoms with Crippen LogP contribution in [0.2, 0.25) is 0 Å². The lowest BCUT2D eigenvalue weighted by molar-refractivity contribution is -0.119. The van der Waals surface area contributed by atoms with Crippen molar-refractivity contribution >= 4 is 17.7 Å². The van der Waals surface area contributed by atoms with Gasteiger partial charge in [0.15, 0.2) is 5.16 Å². The molecule has 25 heavy (non-hydrogen) atoms. The lowest BCUT2D eigenvalue weighted by Gasteiger charge is -2.14. The molecule has 0 spiro atoms. The summed E-state index contributed by atoms with van der Waals surface area (Å²) in [6.07, 6.45) is 2.68. The molecule has 0 aliphatic carbocycles. The SMILES string of the molecule is CCCc1cc(=O)[nH]c(SCC(=O)NC(C)c2ccc(CC)cc2)n1. The lowest BCUT2D eigenvalue weighted by Crippen LogP contribution is -2.28. The number of nitrogens with zero attached hydrogens (tertiary/aromatic N) is 1. The summed E-state index contributed by atoms with van der Waals surface area (Å²) in [7, 11) is 0. The number of rotatable bonds is 8. The topological polar surface area (TPSA) is 74.8 Å². The number of thioether (sulfide) groups is 1. The van der Waals surface area contributed by atoms with Crippen LogP contribution in [0.25, 0.3) is 0 Å².